The first-order chi connectivity index (χ1) is 9.16. The van der Waals surface area contributed by atoms with Gasteiger partial charge in [0, 0.05) is 6.42 Å². The van der Waals surface area contributed by atoms with E-state index >= 15 is 0 Å². The van der Waals surface area contributed by atoms with Crippen LogP contribution in [0.4, 0.5) is 0 Å². The number of esters is 1. The molecule has 0 radical (unpaired) electrons. The summed E-state index contributed by atoms with van der Waals surface area (Å²) in [6.45, 7) is 2.61. The molecular weight excluding hydrogens is 250 g/mol. The predicted octanol–water partition coefficient (Wildman–Crippen LogP) is 3.07. The third-order valence-electron chi connectivity index (χ3n) is 2.79. The maximum atomic E-state index is 11.1. The highest BCUT2D eigenvalue weighted by atomic mass is 17.1. The van der Waals surface area contributed by atoms with Crippen LogP contribution in [0.1, 0.15) is 64.7 Å². The molecule has 0 atom stereocenters. The first kappa shape index (κ1) is 18.3. The average Bonchev–Trinajstić information content (AvgIpc) is 2.36. The summed E-state index contributed by atoms with van der Waals surface area (Å²) in [4.78, 5) is 15.5. The number of rotatable bonds is 13. The monoisotopic (exact) mass is 277 g/mol. The summed E-state index contributed by atoms with van der Waals surface area (Å²) >= 11 is 0. The number of hydrogen-bond acceptors (Lipinski definition) is 6. The Kier molecular flexibility index (Phi) is 13.2. The van der Waals surface area contributed by atoms with E-state index in [1.165, 1.54) is 12.8 Å². The Labute approximate surface area is 115 Å². The van der Waals surface area contributed by atoms with Crippen molar-refractivity contribution in [1.82, 2.24) is 5.39 Å². The number of nitrogens with zero attached hydrogens (tertiary/aromatic N) is 1. The quantitative estimate of drug-likeness (QED) is 0.306. The lowest BCUT2D eigenvalue weighted by molar-refractivity contribution is -0.492. The standard InChI is InChI=1S/C13H27NO5/c1-2-18-13(15)11-9-7-5-3-4-6-8-10-12-19-14(16)17/h16-17H,2-12H2,1H3. The zero-order valence-corrected chi connectivity index (χ0v) is 11.8. The molecule has 0 spiro atoms. The van der Waals surface area contributed by atoms with Gasteiger partial charge in [-0.2, -0.15) is 0 Å². The van der Waals surface area contributed by atoms with E-state index in [0.29, 0.717) is 19.6 Å². The van der Waals surface area contributed by atoms with Gasteiger partial charge in [-0.05, 0) is 19.8 Å². The van der Waals surface area contributed by atoms with E-state index in [1.807, 2.05) is 6.92 Å². The molecule has 0 heterocycles. The van der Waals surface area contributed by atoms with Crippen LogP contribution in [0.3, 0.4) is 0 Å². The van der Waals surface area contributed by atoms with Crippen LogP contribution in [0, 0.1) is 0 Å². The van der Waals surface area contributed by atoms with Gasteiger partial charge in [-0.3, -0.25) is 20.0 Å². The van der Waals surface area contributed by atoms with E-state index in [2.05, 4.69) is 4.84 Å². The van der Waals surface area contributed by atoms with Crippen LogP contribution in [-0.2, 0) is 14.4 Å². The number of hydrogen-bond donors (Lipinski definition) is 2. The Bertz CT molecular complexity index is 211. The fourth-order valence-electron chi connectivity index (χ4n) is 1.81. The zero-order chi connectivity index (χ0) is 14.3. The van der Waals surface area contributed by atoms with E-state index in [-0.39, 0.29) is 11.4 Å². The van der Waals surface area contributed by atoms with Gasteiger partial charge in [0.25, 0.3) is 0 Å². The number of unbranched alkanes of at least 4 members (excludes halogenated alkanes) is 7. The molecular formula is C13H27NO5. The average molecular weight is 277 g/mol. The highest BCUT2D eigenvalue weighted by Crippen LogP contribution is 2.10. The number of carbonyl (C=O) groups excluding carboxylic acids is 1. The fraction of sp³-hybridized carbons (Fsp3) is 0.923. The van der Waals surface area contributed by atoms with Gasteiger partial charge >= 0.3 is 5.97 Å². The molecule has 0 amide bonds. The minimum absolute atomic E-state index is 0.0932. The second-order valence-electron chi connectivity index (χ2n) is 4.47. The molecule has 0 aliphatic carbocycles. The van der Waals surface area contributed by atoms with Crippen LogP contribution in [-0.4, -0.2) is 35.0 Å². The Morgan fingerprint density at radius 3 is 2.00 bits per heavy atom. The SMILES string of the molecule is CCOC(=O)CCCCCCCCCCON(O)O. The second-order valence-corrected chi connectivity index (χ2v) is 4.47. The molecule has 0 aliphatic rings. The molecule has 0 aromatic carbocycles. The van der Waals surface area contributed by atoms with Crippen molar-refractivity contribution in [3.63, 3.8) is 0 Å². The van der Waals surface area contributed by atoms with E-state index < -0.39 is 0 Å². The lowest BCUT2D eigenvalue weighted by atomic mass is 10.1. The predicted molar refractivity (Wildman–Crippen MR) is 69.6 cm³/mol. The van der Waals surface area contributed by atoms with Crippen LogP contribution >= 0.6 is 0 Å². The van der Waals surface area contributed by atoms with Gasteiger partial charge in [0.1, 0.15) is 0 Å². The third kappa shape index (κ3) is 15.3. The normalized spacial score (nSPS) is 10.9. The van der Waals surface area contributed by atoms with E-state index in [9.17, 15) is 4.79 Å². The fourth-order valence-corrected chi connectivity index (χ4v) is 1.81. The zero-order valence-electron chi connectivity index (χ0n) is 11.8. The van der Waals surface area contributed by atoms with Crippen molar-refractivity contribution in [3.05, 3.63) is 0 Å². The Morgan fingerprint density at radius 1 is 0.947 bits per heavy atom. The van der Waals surface area contributed by atoms with Crippen LogP contribution in [0.2, 0.25) is 0 Å². The third-order valence-corrected chi connectivity index (χ3v) is 2.79. The Morgan fingerprint density at radius 2 is 1.47 bits per heavy atom. The first-order valence-electron chi connectivity index (χ1n) is 7.13. The topological polar surface area (TPSA) is 79.2 Å². The van der Waals surface area contributed by atoms with Gasteiger partial charge in [0.05, 0.1) is 18.6 Å². The Hall–Kier alpha value is -0.690. The molecule has 0 aliphatic heterocycles. The van der Waals surface area contributed by atoms with Crippen molar-refractivity contribution < 1.29 is 24.8 Å². The van der Waals surface area contributed by atoms with Gasteiger partial charge in [0.2, 0.25) is 0 Å². The first-order valence-corrected chi connectivity index (χ1v) is 7.13. The number of carbonyl (C=O) groups is 1. The molecule has 0 aromatic heterocycles. The van der Waals surface area contributed by atoms with Crippen molar-refractivity contribution in [2.45, 2.75) is 64.7 Å². The molecule has 0 rings (SSSR count). The van der Waals surface area contributed by atoms with Gasteiger partial charge in [-0.1, -0.05) is 38.5 Å². The summed E-state index contributed by atoms with van der Waals surface area (Å²) in [6.07, 6.45) is 8.98. The molecule has 6 heteroatoms. The maximum absolute atomic E-state index is 11.1. The van der Waals surface area contributed by atoms with Crippen LogP contribution in [0.5, 0.6) is 0 Å². The lowest BCUT2D eigenvalue weighted by Gasteiger charge is -2.05. The summed E-state index contributed by atoms with van der Waals surface area (Å²) in [7, 11) is 0. The molecule has 0 fully saturated rings. The summed E-state index contributed by atoms with van der Waals surface area (Å²) < 4.78 is 4.85. The van der Waals surface area contributed by atoms with E-state index in [0.717, 1.165) is 38.5 Å². The highest BCUT2D eigenvalue weighted by Gasteiger charge is 2.00. The van der Waals surface area contributed by atoms with Gasteiger partial charge < -0.3 is 4.74 Å². The molecule has 0 saturated carbocycles. The Balaban J connectivity index is 3.05. The minimum atomic E-state index is -0.246. The second kappa shape index (κ2) is 13.7. The van der Waals surface area contributed by atoms with Crippen LogP contribution in [0.15, 0.2) is 0 Å². The largest absolute Gasteiger partial charge is 0.466 e. The molecule has 0 saturated heterocycles. The van der Waals surface area contributed by atoms with E-state index in [4.69, 9.17) is 15.2 Å². The van der Waals surface area contributed by atoms with Crippen LogP contribution < -0.4 is 0 Å². The summed E-state index contributed by atoms with van der Waals surface area (Å²) in [5.41, 5.74) is 0. The molecule has 6 nitrogen and oxygen atoms in total. The van der Waals surface area contributed by atoms with E-state index in [1.54, 1.807) is 0 Å². The van der Waals surface area contributed by atoms with Gasteiger partial charge in [-0.25, -0.2) is 0 Å². The van der Waals surface area contributed by atoms with Crippen molar-refractivity contribution in [2.24, 2.45) is 0 Å². The molecule has 2 N–H and O–H groups in total. The molecule has 0 bridgehead atoms. The van der Waals surface area contributed by atoms with Crippen molar-refractivity contribution in [1.29, 1.82) is 0 Å². The summed E-state index contributed by atoms with van der Waals surface area (Å²) in [5, 5.41) is 16.3. The summed E-state index contributed by atoms with van der Waals surface area (Å²) in [5.74, 6) is -0.0932. The number of ether oxygens (including phenoxy) is 1. The van der Waals surface area contributed by atoms with Crippen molar-refractivity contribution in [2.75, 3.05) is 13.2 Å². The van der Waals surface area contributed by atoms with Gasteiger partial charge in [-0.15, -0.1) is 0 Å². The molecule has 0 aromatic rings. The smallest absolute Gasteiger partial charge is 0.305 e. The lowest BCUT2D eigenvalue weighted by Crippen LogP contribution is -2.14. The summed E-state index contributed by atoms with van der Waals surface area (Å²) in [6, 6.07) is 0. The molecule has 19 heavy (non-hydrogen) atoms. The highest BCUT2D eigenvalue weighted by molar-refractivity contribution is 5.69. The molecule has 114 valence electrons. The van der Waals surface area contributed by atoms with Gasteiger partial charge in [0.15, 0.2) is 0 Å². The van der Waals surface area contributed by atoms with Crippen LogP contribution in [0.25, 0.3) is 0 Å². The molecule has 0 unspecified atom stereocenters. The van der Waals surface area contributed by atoms with Crippen molar-refractivity contribution >= 4 is 5.97 Å². The minimum Gasteiger partial charge on any atom is -0.466 e. The maximum Gasteiger partial charge on any atom is 0.305 e. The van der Waals surface area contributed by atoms with Crippen molar-refractivity contribution in [3.8, 4) is 0 Å².